The van der Waals surface area contributed by atoms with Gasteiger partial charge in [-0.25, -0.2) is 14.4 Å². The third-order valence-electron chi connectivity index (χ3n) is 5.52. The van der Waals surface area contributed by atoms with Crippen molar-refractivity contribution in [3.63, 3.8) is 0 Å². The maximum absolute atomic E-state index is 14.9. The summed E-state index contributed by atoms with van der Waals surface area (Å²) in [6.45, 7) is 7.03. The van der Waals surface area contributed by atoms with Crippen molar-refractivity contribution in [3.8, 4) is 5.88 Å². The molecule has 1 aromatic heterocycles. The molecule has 0 amide bonds. The zero-order valence-electron chi connectivity index (χ0n) is 18.8. The summed E-state index contributed by atoms with van der Waals surface area (Å²) in [5.41, 5.74) is 6.00. The fraction of sp³-hybridized carbons (Fsp3) is 0.391. The lowest BCUT2D eigenvalue weighted by Gasteiger charge is -2.34. The zero-order valence-corrected chi connectivity index (χ0v) is 19.6. The van der Waals surface area contributed by atoms with Gasteiger partial charge in [0.25, 0.3) is 0 Å². The molecular formula is C23H27FN4O3S. The van der Waals surface area contributed by atoms with Crippen molar-refractivity contribution >= 4 is 22.7 Å². The number of carbonyl (C=O) groups excluding carboxylic acids is 1. The summed E-state index contributed by atoms with van der Waals surface area (Å²) >= 11 is 1.28. The van der Waals surface area contributed by atoms with Gasteiger partial charge in [-0.05, 0) is 55.9 Å². The van der Waals surface area contributed by atoms with Crippen LogP contribution >= 0.6 is 11.8 Å². The number of hydrogen-bond donors (Lipinski definition) is 2. The van der Waals surface area contributed by atoms with Crippen molar-refractivity contribution in [2.75, 3.05) is 7.11 Å². The Balaban J connectivity index is 1.93. The Morgan fingerprint density at radius 3 is 2.66 bits per heavy atom. The Bertz CT molecular complexity index is 1090. The predicted molar refractivity (Wildman–Crippen MR) is 123 cm³/mol. The first-order valence-corrected chi connectivity index (χ1v) is 10.9. The first-order valence-electron chi connectivity index (χ1n) is 10.1. The Hall–Kier alpha value is -2.78. The van der Waals surface area contributed by atoms with Crippen LogP contribution in [0, 0.1) is 5.82 Å². The molecule has 1 aliphatic heterocycles. The highest BCUT2D eigenvalue weighted by atomic mass is 32.2. The average molecular weight is 459 g/mol. The van der Waals surface area contributed by atoms with Crippen molar-refractivity contribution < 1.29 is 19.0 Å². The molecule has 0 saturated heterocycles. The molecule has 1 aliphatic rings. The molecule has 0 spiro atoms. The summed E-state index contributed by atoms with van der Waals surface area (Å²) < 4.78 is 19.9. The fourth-order valence-corrected chi connectivity index (χ4v) is 4.68. The molecular weight excluding hydrogens is 431 g/mol. The molecule has 2 heterocycles. The first kappa shape index (κ1) is 23.9. The maximum Gasteiger partial charge on any atom is 0.232 e. The Morgan fingerprint density at radius 2 is 2.06 bits per heavy atom. The van der Waals surface area contributed by atoms with Crippen molar-refractivity contribution in [2.45, 2.75) is 51.7 Å². The van der Waals surface area contributed by atoms with E-state index in [0.717, 1.165) is 10.5 Å². The number of aliphatic imine (C=N–C) groups is 1. The number of benzene rings is 1. The standard InChI is InChI=1S/C23H27FN4O3S/c1-13(22(2,3)30)19-10-23(4,28-21(25)32-19)15-8-14(6-7-16(15)24)9-18(29)17-11-27-20(31-5)12-26-17/h6-8,11-12,30H,9-10H2,1-5H3,(H2,25,28)/b19-13-/t23-/m0/s1. The van der Waals surface area contributed by atoms with Gasteiger partial charge in [0.1, 0.15) is 11.5 Å². The molecule has 0 aliphatic carbocycles. The number of methoxy groups -OCH3 is 1. The van der Waals surface area contributed by atoms with Crippen LogP contribution in [0.5, 0.6) is 5.88 Å². The van der Waals surface area contributed by atoms with Gasteiger partial charge in [-0.3, -0.25) is 9.79 Å². The molecule has 32 heavy (non-hydrogen) atoms. The first-order chi connectivity index (χ1) is 14.9. The van der Waals surface area contributed by atoms with E-state index in [4.69, 9.17) is 10.5 Å². The summed E-state index contributed by atoms with van der Waals surface area (Å²) in [5.74, 6) is -0.366. The topological polar surface area (TPSA) is 111 Å². The van der Waals surface area contributed by atoms with E-state index in [9.17, 15) is 14.3 Å². The molecule has 0 saturated carbocycles. The van der Waals surface area contributed by atoms with E-state index in [0.29, 0.717) is 28.6 Å². The number of thioether (sulfide) groups is 1. The smallest absolute Gasteiger partial charge is 0.232 e. The van der Waals surface area contributed by atoms with Gasteiger partial charge in [-0.2, -0.15) is 0 Å². The van der Waals surface area contributed by atoms with E-state index in [1.54, 1.807) is 32.9 Å². The number of carbonyl (C=O) groups is 1. The number of aliphatic hydroxyl groups is 1. The summed E-state index contributed by atoms with van der Waals surface area (Å²) in [6.07, 6.45) is 3.14. The molecule has 1 atom stereocenters. The summed E-state index contributed by atoms with van der Waals surface area (Å²) in [4.78, 5) is 26.1. The van der Waals surface area contributed by atoms with Crippen LogP contribution in [-0.2, 0) is 12.0 Å². The second kappa shape index (κ2) is 8.99. The van der Waals surface area contributed by atoms with Crippen molar-refractivity contribution in [2.24, 2.45) is 10.7 Å². The number of hydrogen-bond acceptors (Lipinski definition) is 8. The fourth-order valence-electron chi connectivity index (χ4n) is 3.42. The van der Waals surface area contributed by atoms with Crippen molar-refractivity contribution in [1.82, 2.24) is 9.97 Å². The van der Waals surface area contributed by atoms with Crippen LogP contribution in [0.2, 0.25) is 0 Å². The van der Waals surface area contributed by atoms with Crippen molar-refractivity contribution in [1.29, 1.82) is 0 Å². The van der Waals surface area contributed by atoms with Gasteiger partial charge in [0.15, 0.2) is 11.0 Å². The molecule has 3 N–H and O–H groups in total. The number of ketones is 1. The summed E-state index contributed by atoms with van der Waals surface area (Å²) in [5, 5.41) is 10.7. The van der Waals surface area contributed by atoms with Gasteiger partial charge in [0, 0.05) is 18.4 Å². The molecule has 0 fully saturated rings. The number of aromatic nitrogens is 2. The molecule has 9 heteroatoms. The van der Waals surface area contributed by atoms with Gasteiger partial charge >= 0.3 is 0 Å². The Labute approximate surface area is 191 Å². The number of halogens is 1. The normalized spacial score (nSPS) is 20.5. The average Bonchev–Trinajstić information content (AvgIpc) is 2.73. The third-order valence-corrected chi connectivity index (χ3v) is 6.52. The van der Waals surface area contributed by atoms with E-state index in [-0.39, 0.29) is 17.9 Å². The van der Waals surface area contributed by atoms with E-state index >= 15 is 0 Å². The second-order valence-electron chi connectivity index (χ2n) is 8.47. The molecule has 2 aromatic rings. The summed E-state index contributed by atoms with van der Waals surface area (Å²) in [7, 11) is 1.47. The monoisotopic (exact) mass is 458 g/mol. The van der Waals surface area contributed by atoms with E-state index in [2.05, 4.69) is 15.0 Å². The molecule has 0 unspecified atom stereocenters. The van der Waals surface area contributed by atoms with E-state index < -0.39 is 17.0 Å². The van der Waals surface area contributed by atoms with Crippen LogP contribution in [0.1, 0.15) is 55.7 Å². The van der Waals surface area contributed by atoms with Gasteiger partial charge < -0.3 is 15.6 Å². The molecule has 170 valence electrons. The molecule has 3 rings (SSSR count). The molecule has 0 bridgehead atoms. The highest BCUT2D eigenvalue weighted by Gasteiger charge is 2.36. The number of Topliss-reactive ketones (excluding diaryl/α,β-unsaturated/α-hetero) is 1. The largest absolute Gasteiger partial charge is 0.480 e. The minimum absolute atomic E-state index is 0.0315. The number of nitrogens with zero attached hydrogens (tertiary/aromatic N) is 3. The zero-order chi connectivity index (χ0) is 23.7. The van der Waals surface area contributed by atoms with E-state index in [1.165, 1.54) is 37.3 Å². The predicted octanol–water partition coefficient (Wildman–Crippen LogP) is 3.76. The van der Waals surface area contributed by atoms with Gasteiger partial charge in [-0.15, -0.1) is 0 Å². The highest BCUT2D eigenvalue weighted by molar-refractivity contribution is 8.17. The molecule has 0 radical (unpaired) electrons. The lowest BCUT2D eigenvalue weighted by atomic mass is 9.85. The SMILES string of the molecule is COc1cnc(C(=O)Cc2ccc(F)c([C@]3(C)C/C(=C(\C)C(C)(C)O)SC(N)=N3)c2)cn1. The van der Waals surface area contributed by atoms with Crippen LogP contribution in [-0.4, -0.2) is 38.7 Å². The summed E-state index contributed by atoms with van der Waals surface area (Å²) in [6, 6.07) is 4.55. The van der Waals surface area contributed by atoms with Crippen LogP contribution in [0.15, 0.2) is 46.1 Å². The molecule has 1 aromatic carbocycles. The van der Waals surface area contributed by atoms with E-state index in [1.807, 2.05) is 6.92 Å². The van der Waals surface area contributed by atoms with Crippen LogP contribution in [0.4, 0.5) is 4.39 Å². The Kier molecular flexibility index (Phi) is 6.71. The maximum atomic E-state index is 14.9. The van der Waals surface area contributed by atoms with Crippen LogP contribution in [0.25, 0.3) is 0 Å². The second-order valence-corrected chi connectivity index (χ2v) is 9.58. The number of ether oxygens (including phenoxy) is 1. The van der Waals surface area contributed by atoms with Crippen LogP contribution in [0.3, 0.4) is 0 Å². The molecule has 7 nitrogen and oxygen atoms in total. The number of nitrogens with two attached hydrogens (primary N) is 1. The Morgan fingerprint density at radius 1 is 1.34 bits per heavy atom. The lowest BCUT2D eigenvalue weighted by Crippen LogP contribution is -2.31. The van der Waals surface area contributed by atoms with Crippen molar-refractivity contribution in [3.05, 3.63) is 63.7 Å². The number of rotatable bonds is 6. The van der Waals surface area contributed by atoms with Gasteiger partial charge in [0.05, 0.1) is 30.6 Å². The third kappa shape index (κ3) is 5.16. The van der Waals surface area contributed by atoms with Gasteiger partial charge in [0.2, 0.25) is 5.88 Å². The van der Waals surface area contributed by atoms with Crippen LogP contribution < -0.4 is 10.5 Å². The quantitative estimate of drug-likeness (QED) is 0.634. The number of amidine groups is 1. The highest BCUT2D eigenvalue weighted by Crippen LogP contribution is 2.44. The minimum atomic E-state index is -1.03. The van der Waals surface area contributed by atoms with Gasteiger partial charge in [-0.1, -0.05) is 17.8 Å². The lowest BCUT2D eigenvalue weighted by molar-refractivity contribution is 0.0987. The minimum Gasteiger partial charge on any atom is -0.480 e.